The van der Waals surface area contributed by atoms with Gasteiger partial charge >= 0.3 is 0 Å². The topological polar surface area (TPSA) is 12.0 Å². The Labute approximate surface area is 115 Å². The van der Waals surface area contributed by atoms with Crippen molar-refractivity contribution in [3.63, 3.8) is 0 Å². The highest BCUT2D eigenvalue weighted by molar-refractivity contribution is 6.35. The minimum absolute atomic E-state index is 0.118. The first-order chi connectivity index (χ1) is 7.86. The third kappa shape index (κ3) is 4.17. The van der Waals surface area contributed by atoms with Crippen LogP contribution in [0, 0.1) is 5.41 Å². The molecular weight excluding hydrogens is 253 g/mol. The van der Waals surface area contributed by atoms with Gasteiger partial charge in [0.2, 0.25) is 0 Å². The third-order valence-corrected chi connectivity index (χ3v) is 3.30. The minimum atomic E-state index is 0.118. The van der Waals surface area contributed by atoms with Gasteiger partial charge in [-0.15, -0.1) is 0 Å². The lowest BCUT2D eigenvalue weighted by atomic mass is 9.82. The smallest absolute Gasteiger partial charge is 0.0468 e. The van der Waals surface area contributed by atoms with Gasteiger partial charge in [0.05, 0.1) is 0 Å². The van der Waals surface area contributed by atoms with Crippen LogP contribution in [0.25, 0.3) is 0 Å². The van der Waals surface area contributed by atoms with E-state index >= 15 is 0 Å². The summed E-state index contributed by atoms with van der Waals surface area (Å²) in [6, 6.07) is 5.97. The van der Waals surface area contributed by atoms with E-state index in [1.807, 2.05) is 18.2 Å². The highest BCUT2D eigenvalue weighted by Crippen LogP contribution is 2.37. The molecule has 1 aromatic rings. The molecule has 96 valence electrons. The summed E-state index contributed by atoms with van der Waals surface area (Å²) in [6.45, 7) is 9.79. The van der Waals surface area contributed by atoms with Crippen molar-refractivity contribution >= 4 is 23.2 Å². The maximum atomic E-state index is 6.28. The number of hydrogen-bond donors (Lipinski definition) is 1. The van der Waals surface area contributed by atoms with Crippen LogP contribution in [-0.4, -0.2) is 6.54 Å². The molecular formula is C14H21Cl2N. The van der Waals surface area contributed by atoms with Gasteiger partial charge in [-0.1, -0.05) is 57.0 Å². The summed E-state index contributed by atoms with van der Waals surface area (Å²) >= 11 is 12.2. The minimum Gasteiger partial charge on any atom is -0.309 e. The zero-order chi connectivity index (χ0) is 13.1. The predicted molar refractivity (Wildman–Crippen MR) is 77.0 cm³/mol. The van der Waals surface area contributed by atoms with Crippen LogP contribution in [0.1, 0.15) is 45.7 Å². The molecule has 0 aliphatic rings. The van der Waals surface area contributed by atoms with Crippen molar-refractivity contribution in [2.24, 2.45) is 5.41 Å². The van der Waals surface area contributed by atoms with Gasteiger partial charge in [0.25, 0.3) is 0 Å². The second kappa shape index (κ2) is 6.08. The van der Waals surface area contributed by atoms with E-state index in [9.17, 15) is 0 Å². The van der Waals surface area contributed by atoms with Crippen LogP contribution in [0.15, 0.2) is 18.2 Å². The summed E-state index contributed by atoms with van der Waals surface area (Å²) in [5.41, 5.74) is 1.24. The molecule has 0 radical (unpaired) electrons. The molecule has 3 heteroatoms. The first-order valence-electron chi connectivity index (χ1n) is 6.04. The van der Waals surface area contributed by atoms with Crippen LogP contribution in [0.4, 0.5) is 0 Å². The van der Waals surface area contributed by atoms with Crippen LogP contribution in [0.2, 0.25) is 10.0 Å². The van der Waals surface area contributed by atoms with Crippen molar-refractivity contribution < 1.29 is 0 Å². The van der Waals surface area contributed by atoms with Crippen LogP contribution in [0.3, 0.4) is 0 Å². The average molecular weight is 274 g/mol. The first-order valence-corrected chi connectivity index (χ1v) is 6.80. The molecule has 17 heavy (non-hydrogen) atoms. The number of rotatable bonds is 4. The molecule has 0 aromatic heterocycles. The van der Waals surface area contributed by atoms with Gasteiger partial charge in [-0.05, 0) is 36.1 Å². The molecule has 1 aromatic carbocycles. The fourth-order valence-corrected chi connectivity index (χ4v) is 2.42. The lowest BCUT2D eigenvalue weighted by Gasteiger charge is -2.32. The largest absolute Gasteiger partial charge is 0.309 e. The molecule has 0 aliphatic carbocycles. The van der Waals surface area contributed by atoms with E-state index < -0.39 is 0 Å². The quantitative estimate of drug-likeness (QED) is 0.807. The monoisotopic (exact) mass is 273 g/mol. The maximum Gasteiger partial charge on any atom is 0.0468 e. The van der Waals surface area contributed by atoms with E-state index in [0.717, 1.165) is 23.6 Å². The van der Waals surface area contributed by atoms with Crippen LogP contribution >= 0.6 is 23.2 Å². The van der Waals surface area contributed by atoms with E-state index in [0.29, 0.717) is 5.02 Å². The summed E-state index contributed by atoms with van der Waals surface area (Å²) in [7, 11) is 0. The Balaban J connectivity index is 3.04. The Morgan fingerprint density at radius 3 is 2.35 bits per heavy atom. The zero-order valence-corrected chi connectivity index (χ0v) is 12.5. The maximum absolute atomic E-state index is 6.28. The van der Waals surface area contributed by atoms with Gasteiger partial charge in [0.15, 0.2) is 0 Å². The van der Waals surface area contributed by atoms with E-state index in [1.165, 1.54) is 0 Å². The van der Waals surface area contributed by atoms with E-state index in [-0.39, 0.29) is 11.5 Å². The molecule has 0 saturated carbocycles. The van der Waals surface area contributed by atoms with Gasteiger partial charge < -0.3 is 5.32 Å². The average Bonchev–Trinajstić information content (AvgIpc) is 2.19. The van der Waals surface area contributed by atoms with Crippen molar-refractivity contribution in [1.29, 1.82) is 0 Å². The summed E-state index contributed by atoms with van der Waals surface area (Å²) in [4.78, 5) is 0. The van der Waals surface area contributed by atoms with Gasteiger partial charge in [-0.25, -0.2) is 0 Å². The molecule has 1 rings (SSSR count). The fraction of sp³-hybridized carbons (Fsp3) is 0.571. The molecule has 0 bridgehead atoms. The summed E-state index contributed by atoms with van der Waals surface area (Å²) < 4.78 is 0. The molecule has 0 aliphatic heterocycles. The first kappa shape index (κ1) is 14.8. The van der Waals surface area contributed by atoms with E-state index in [1.54, 1.807) is 0 Å². The second-order valence-corrected chi connectivity index (χ2v) is 6.26. The van der Waals surface area contributed by atoms with Crippen molar-refractivity contribution in [3.05, 3.63) is 33.8 Å². The predicted octanol–water partition coefficient (Wildman–Crippen LogP) is 5.08. The SMILES string of the molecule is CCCNC(c1ccc(Cl)cc1Cl)C(C)(C)C. The third-order valence-electron chi connectivity index (χ3n) is 2.74. The molecule has 1 N–H and O–H groups in total. The van der Waals surface area contributed by atoms with E-state index in [2.05, 4.69) is 33.0 Å². The molecule has 0 saturated heterocycles. The number of benzene rings is 1. The highest BCUT2D eigenvalue weighted by Gasteiger charge is 2.27. The van der Waals surface area contributed by atoms with Crippen molar-refractivity contribution in [3.8, 4) is 0 Å². The lowest BCUT2D eigenvalue weighted by molar-refractivity contribution is 0.273. The van der Waals surface area contributed by atoms with Gasteiger partial charge in [0, 0.05) is 16.1 Å². The Bertz CT molecular complexity index is 369. The zero-order valence-electron chi connectivity index (χ0n) is 11.0. The van der Waals surface area contributed by atoms with E-state index in [4.69, 9.17) is 23.2 Å². The van der Waals surface area contributed by atoms with Crippen LogP contribution in [-0.2, 0) is 0 Å². The Morgan fingerprint density at radius 1 is 1.24 bits per heavy atom. The number of nitrogens with one attached hydrogen (secondary N) is 1. The molecule has 1 nitrogen and oxygen atoms in total. The molecule has 0 spiro atoms. The molecule has 1 atom stereocenters. The number of hydrogen-bond acceptors (Lipinski definition) is 1. The fourth-order valence-electron chi connectivity index (χ4n) is 1.91. The molecule has 0 heterocycles. The summed E-state index contributed by atoms with van der Waals surface area (Å²) in [5.74, 6) is 0. The second-order valence-electron chi connectivity index (χ2n) is 5.42. The number of halogens is 2. The Morgan fingerprint density at radius 2 is 1.88 bits per heavy atom. The molecule has 1 unspecified atom stereocenters. The highest BCUT2D eigenvalue weighted by atomic mass is 35.5. The molecule has 0 amide bonds. The Hall–Kier alpha value is -0.240. The summed E-state index contributed by atoms with van der Waals surface area (Å²) in [6.07, 6.45) is 1.11. The Kier molecular flexibility index (Phi) is 5.30. The van der Waals surface area contributed by atoms with Gasteiger partial charge in [-0.3, -0.25) is 0 Å². The summed E-state index contributed by atoms with van der Waals surface area (Å²) in [5, 5.41) is 4.98. The van der Waals surface area contributed by atoms with Crippen LogP contribution < -0.4 is 5.32 Å². The van der Waals surface area contributed by atoms with Crippen molar-refractivity contribution in [2.45, 2.75) is 40.2 Å². The standard InChI is InChI=1S/C14H21Cl2N/c1-5-8-17-13(14(2,3)4)11-7-6-10(15)9-12(11)16/h6-7,9,13,17H,5,8H2,1-4H3. The molecule has 0 fully saturated rings. The lowest BCUT2D eigenvalue weighted by Crippen LogP contribution is -2.33. The van der Waals surface area contributed by atoms with Crippen molar-refractivity contribution in [2.75, 3.05) is 6.54 Å². The normalized spacial score (nSPS) is 13.8. The van der Waals surface area contributed by atoms with Gasteiger partial charge in [0.1, 0.15) is 0 Å². The van der Waals surface area contributed by atoms with Gasteiger partial charge in [-0.2, -0.15) is 0 Å². The van der Waals surface area contributed by atoms with Crippen molar-refractivity contribution in [1.82, 2.24) is 5.32 Å². The van der Waals surface area contributed by atoms with Crippen LogP contribution in [0.5, 0.6) is 0 Å².